The Labute approximate surface area is 157 Å². The van der Waals surface area contributed by atoms with Crippen molar-refractivity contribution in [3.8, 4) is 0 Å². The summed E-state index contributed by atoms with van der Waals surface area (Å²) < 4.78 is 1.82. The molecule has 0 bridgehead atoms. The normalized spacial score (nSPS) is 19.4. The maximum Gasteiger partial charge on any atom is 0.254 e. The highest BCUT2D eigenvalue weighted by Crippen LogP contribution is 2.32. The van der Waals surface area contributed by atoms with Gasteiger partial charge in [0, 0.05) is 17.3 Å². The number of halogens is 1. The number of aromatic nitrogens is 3. The van der Waals surface area contributed by atoms with Gasteiger partial charge in [0.15, 0.2) is 5.13 Å². The molecule has 1 amide bonds. The van der Waals surface area contributed by atoms with E-state index in [-0.39, 0.29) is 18.3 Å². The molecule has 6 nitrogen and oxygen atoms in total. The van der Waals surface area contributed by atoms with E-state index in [4.69, 9.17) is 4.98 Å². The molecule has 2 aromatic heterocycles. The Hall–Kier alpha value is -1.44. The molecule has 2 N–H and O–H groups in total. The monoisotopic (exact) mass is 381 g/mol. The molecule has 0 aromatic carbocycles. The third kappa shape index (κ3) is 3.59. The molecule has 0 unspecified atom stereocenters. The van der Waals surface area contributed by atoms with Crippen LogP contribution >= 0.6 is 23.7 Å². The molecule has 1 aliphatic heterocycles. The summed E-state index contributed by atoms with van der Waals surface area (Å²) >= 11 is 1.65. The highest BCUT2D eigenvalue weighted by molar-refractivity contribution is 7.15. The number of hydrogen-bond acceptors (Lipinski definition) is 5. The van der Waals surface area contributed by atoms with Crippen molar-refractivity contribution in [1.82, 2.24) is 20.1 Å². The summed E-state index contributed by atoms with van der Waals surface area (Å²) in [5, 5.41) is 11.5. The summed E-state index contributed by atoms with van der Waals surface area (Å²) in [6.07, 6.45) is 11.0. The number of thiazole rings is 1. The van der Waals surface area contributed by atoms with Crippen LogP contribution in [-0.2, 0) is 23.2 Å². The van der Waals surface area contributed by atoms with E-state index in [9.17, 15) is 4.79 Å². The van der Waals surface area contributed by atoms with Crippen LogP contribution < -0.4 is 10.6 Å². The molecule has 0 saturated carbocycles. The average molecular weight is 382 g/mol. The van der Waals surface area contributed by atoms with Gasteiger partial charge in [-0.05, 0) is 57.7 Å². The van der Waals surface area contributed by atoms with Gasteiger partial charge in [-0.15, -0.1) is 23.7 Å². The molecule has 1 saturated heterocycles. The number of anilines is 1. The van der Waals surface area contributed by atoms with Crippen molar-refractivity contribution in [1.29, 1.82) is 0 Å². The highest BCUT2D eigenvalue weighted by atomic mass is 35.5. The molecule has 0 radical (unpaired) electrons. The zero-order chi connectivity index (χ0) is 16.4. The van der Waals surface area contributed by atoms with Crippen molar-refractivity contribution in [2.24, 2.45) is 0 Å². The smallest absolute Gasteiger partial charge is 0.254 e. The number of carbonyl (C=O) groups excluding carboxylic acids is 1. The fourth-order valence-electron chi connectivity index (χ4n) is 3.72. The van der Waals surface area contributed by atoms with Crippen molar-refractivity contribution in [2.45, 2.75) is 50.5 Å². The molecule has 4 rings (SSSR count). The van der Waals surface area contributed by atoms with Crippen molar-refractivity contribution in [3.05, 3.63) is 29.0 Å². The number of amides is 1. The minimum atomic E-state index is -0.613. The van der Waals surface area contributed by atoms with Crippen LogP contribution in [0.2, 0.25) is 0 Å². The number of aryl methyl sites for hydroxylation is 2. The first kappa shape index (κ1) is 18.4. The van der Waals surface area contributed by atoms with E-state index in [1.165, 1.54) is 29.8 Å². The van der Waals surface area contributed by atoms with Crippen LogP contribution in [0.15, 0.2) is 18.5 Å². The number of nitrogens with one attached hydrogen (secondary N) is 2. The van der Waals surface area contributed by atoms with Gasteiger partial charge in [0.05, 0.1) is 5.69 Å². The second kappa shape index (κ2) is 7.85. The van der Waals surface area contributed by atoms with E-state index < -0.39 is 5.54 Å². The average Bonchev–Trinajstić information content (AvgIpc) is 3.22. The van der Waals surface area contributed by atoms with E-state index in [0.717, 1.165) is 43.9 Å². The topological polar surface area (TPSA) is 71.8 Å². The van der Waals surface area contributed by atoms with Crippen LogP contribution in [0.5, 0.6) is 0 Å². The van der Waals surface area contributed by atoms with Crippen molar-refractivity contribution in [3.63, 3.8) is 0 Å². The molecule has 25 heavy (non-hydrogen) atoms. The fraction of sp³-hybridized carbons (Fsp3) is 0.588. The Morgan fingerprint density at radius 3 is 2.80 bits per heavy atom. The highest BCUT2D eigenvalue weighted by Gasteiger charge is 2.42. The first-order chi connectivity index (χ1) is 11.8. The number of nitrogens with zero attached hydrogens (tertiary/aromatic N) is 3. The summed E-state index contributed by atoms with van der Waals surface area (Å²) in [6, 6.07) is 1.88. The molecule has 3 heterocycles. The van der Waals surface area contributed by atoms with Gasteiger partial charge in [-0.2, -0.15) is 5.10 Å². The molecule has 1 fully saturated rings. The van der Waals surface area contributed by atoms with E-state index in [2.05, 4.69) is 15.7 Å². The summed E-state index contributed by atoms with van der Waals surface area (Å²) in [5.41, 5.74) is 0.573. The van der Waals surface area contributed by atoms with E-state index in [1.807, 2.05) is 16.9 Å². The van der Waals surface area contributed by atoms with Gasteiger partial charge >= 0.3 is 0 Å². The Bertz CT molecular complexity index is 685. The maximum atomic E-state index is 13.1. The summed E-state index contributed by atoms with van der Waals surface area (Å²) in [7, 11) is 0. The lowest BCUT2D eigenvalue weighted by Crippen LogP contribution is -2.52. The van der Waals surface area contributed by atoms with Gasteiger partial charge in [0.2, 0.25) is 0 Å². The minimum absolute atomic E-state index is 0. The molecule has 1 aliphatic carbocycles. The van der Waals surface area contributed by atoms with E-state index in [0.29, 0.717) is 0 Å². The van der Waals surface area contributed by atoms with Gasteiger partial charge in [-0.3, -0.25) is 14.8 Å². The Kier molecular flexibility index (Phi) is 5.76. The van der Waals surface area contributed by atoms with Gasteiger partial charge in [-0.25, -0.2) is 4.98 Å². The zero-order valence-electron chi connectivity index (χ0n) is 14.2. The van der Waals surface area contributed by atoms with Gasteiger partial charge in [-0.1, -0.05) is 6.42 Å². The lowest BCUT2D eigenvalue weighted by Gasteiger charge is -2.36. The van der Waals surface area contributed by atoms with Crippen LogP contribution in [0.1, 0.15) is 42.7 Å². The predicted octanol–water partition coefficient (Wildman–Crippen LogP) is 2.75. The van der Waals surface area contributed by atoms with Crippen LogP contribution in [-0.4, -0.2) is 33.8 Å². The molecule has 136 valence electrons. The number of rotatable bonds is 3. The standard InChI is InChI=1S/C17H23N5OS.ClH/c23-15(17(7-10-18-11-8-17)22-12-4-9-19-22)21-16-20-13-5-2-1-3-6-14(13)24-16;/h4,9,12,18H,1-3,5-8,10-11H2,(H,20,21,23);1H. The second-order valence-corrected chi connectivity index (χ2v) is 7.72. The number of fused-ring (bicyclic) bond motifs is 1. The third-order valence-corrected chi connectivity index (χ3v) is 6.19. The van der Waals surface area contributed by atoms with E-state index >= 15 is 0 Å². The fourth-order valence-corrected chi connectivity index (χ4v) is 4.76. The molecular weight excluding hydrogens is 358 g/mol. The number of hydrogen-bond donors (Lipinski definition) is 2. The van der Waals surface area contributed by atoms with Crippen LogP contribution in [0, 0.1) is 0 Å². The Balaban J connectivity index is 0.00000182. The summed E-state index contributed by atoms with van der Waals surface area (Å²) in [5.74, 6) is 0.0107. The summed E-state index contributed by atoms with van der Waals surface area (Å²) in [4.78, 5) is 19.2. The van der Waals surface area contributed by atoms with Crippen molar-refractivity contribution < 1.29 is 4.79 Å². The molecule has 8 heteroatoms. The van der Waals surface area contributed by atoms with Gasteiger partial charge in [0.25, 0.3) is 5.91 Å². The molecule has 0 atom stereocenters. The van der Waals surface area contributed by atoms with Gasteiger partial charge < -0.3 is 5.32 Å². The SMILES string of the molecule is Cl.O=C(Nc1nc2c(s1)CCCCC2)C1(n2cccn2)CCNCC1. The molecule has 2 aromatic rings. The van der Waals surface area contributed by atoms with Crippen LogP contribution in [0.25, 0.3) is 0 Å². The van der Waals surface area contributed by atoms with Crippen molar-refractivity contribution in [2.75, 3.05) is 18.4 Å². The minimum Gasteiger partial charge on any atom is -0.317 e. The lowest BCUT2D eigenvalue weighted by atomic mass is 9.87. The molecule has 2 aliphatic rings. The van der Waals surface area contributed by atoms with Crippen LogP contribution in [0.4, 0.5) is 5.13 Å². The first-order valence-corrected chi connectivity index (χ1v) is 9.60. The first-order valence-electron chi connectivity index (χ1n) is 8.79. The van der Waals surface area contributed by atoms with E-state index in [1.54, 1.807) is 17.5 Å². The summed E-state index contributed by atoms with van der Waals surface area (Å²) in [6.45, 7) is 1.64. The van der Waals surface area contributed by atoms with Crippen molar-refractivity contribution >= 4 is 34.8 Å². The zero-order valence-corrected chi connectivity index (χ0v) is 15.8. The second-order valence-electron chi connectivity index (χ2n) is 6.64. The molecule has 0 spiro atoms. The van der Waals surface area contributed by atoms with Gasteiger partial charge in [0.1, 0.15) is 5.54 Å². The van der Waals surface area contributed by atoms with Crippen LogP contribution in [0.3, 0.4) is 0 Å². The maximum absolute atomic E-state index is 13.1. The Morgan fingerprint density at radius 2 is 2.04 bits per heavy atom. The lowest BCUT2D eigenvalue weighted by molar-refractivity contribution is -0.126. The quantitative estimate of drug-likeness (QED) is 0.802. The largest absolute Gasteiger partial charge is 0.317 e. The molecular formula is C17H24ClN5OS. The number of carbonyl (C=O) groups is 1. The Morgan fingerprint density at radius 1 is 1.24 bits per heavy atom. The third-order valence-electron chi connectivity index (χ3n) is 5.11. The predicted molar refractivity (Wildman–Crippen MR) is 102 cm³/mol. The number of piperidine rings is 1.